The van der Waals surface area contributed by atoms with Crippen molar-refractivity contribution >= 4 is 27.5 Å². The zero-order valence-corrected chi connectivity index (χ0v) is 10.1. The van der Waals surface area contributed by atoms with Crippen LogP contribution >= 0.6 is 11.6 Å². The Morgan fingerprint density at radius 1 is 1.67 bits per heavy atom. The molecule has 86 valence electrons. The molecule has 0 bridgehead atoms. The Balaban J connectivity index is 2.64. The van der Waals surface area contributed by atoms with E-state index in [4.69, 9.17) is 16.1 Å². The standard InChI is InChI=1S/C8H13ClN2O3S/c1-6(4-9)5-15(12,13)11-8-3-7(2)10-14-8/h3,6,11H,4-5H2,1-2H3. The van der Waals surface area contributed by atoms with Crippen molar-refractivity contribution in [3.05, 3.63) is 11.8 Å². The van der Waals surface area contributed by atoms with Gasteiger partial charge < -0.3 is 4.52 Å². The molecule has 0 amide bonds. The van der Waals surface area contributed by atoms with Crippen LogP contribution < -0.4 is 4.72 Å². The molecule has 0 saturated carbocycles. The molecule has 15 heavy (non-hydrogen) atoms. The van der Waals surface area contributed by atoms with Gasteiger partial charge in [0.2, 0.25) is 15.9 Å². The highest BCUT2D eigenvalue weighted by atomic mass is 35.5. The van der Waals surface area contributed by atoms with Gasteiger partial charge in [0.25, 0.3) is 0 Å². The summed E-state index contributed by atoms with van der Waals surface area (Å²) in [5, 5.41) is 3.57. The average Bonchev–Trinajstić information content (AvgIpc) is 2.49. The molecule has 0 aliphatic heterocycles. The molecule has 0 radical (unpaired) electrons. The largest absolute Gasteiger partial charge is 0.338 e. The van der Waals surface area contributed by atoms with Crippen LogP contribution in [0.3, 0.4) is 0 Å². The van der Waals surface area contributed by atoms with E-state index in [1.165, 1.54) is 6.07 Å². The van der Waals surface area contributed by atoms with E-state index in [1.54, 1.807) is 13.8 Å². The molecule has 1 atom stereocenters. The van der Waals surface area contributed by atoms with Crippen molar-refractivity contribution in [2.45, 2.75) is 13.8 Å². The third kappa shape index (κ3) is 4.09. The maximum absolute atomic E-state index is 11.5. The van der Waals surface area contributed by atoms with Gasteiger partial charge in [-0.15, -0.1) is 11.6 Å². The molecule has 0 aliphatic rings. The van der Waals surface area contributed by atoms with Gasteiger partial charge in [0.05, 0.1) is 11.4 Å². The molecule has 5 nitrogen and oxygen atoms in total. The van der Waals surface area contributed by atoms with E-state index in [9.17, 15) is 8.42 Å². The van der Waals surface area contributed by atoms with Gasteiger partial charge in [-0.3, -0.25) is 4.72 Å². The van der Waals surface area contributed by atoms with E-state index in [-0.39, 0.29) is 17.6 Å². The second-order valence-corrected chi connectivity index (χ2v) is 5.55. The Morgan fingerprint density at radius 2 is 2.33 bits per heavy atom. The van der Waals surface area contributed by atoms with Crippen LogP contribution in [0.15, 0.2) is 10.6 Å². The number of rotatable bonds is 5. The summed E-state index contributed by atoms with van der Waals surface area (Å²) in [6, 6.07) is 1.52. The number of nitrogens with one attached hydrogen (secondary N) is 1. The SMILES string of the molecule is Cc1cc(NS(=O)(=O)CC(C)CCl)on1. The molecule has 1 aromatic rings. The first-order chi connectivity index (χ1) is 6.93. The van der Waals surface area contributed by atoms with Crippen molar-refractivity contribution in [1.82, 2.24) is 5.16 Å². The van der Waals surface area contributed by atoms with Gasteiger partial charge >= 0.3 is 0 Å². The van der Waals surface area contributed by atoms with E-state index < -0.39 is 10.0 Å². The summed E-state index contributed by atoms with van der Waals surface area (Å²) in [4.78, 5) is 0. The summed E-state index contributed by atoms with van der Waals surface area (Å²) in [6.07, 6.45) is 0. The van der Waals surface area contributed by atoms with E-state index in [1.807, 2.05) is 0 Å². The molecule has 1 aromatic heterocycles. The Morgan fingerprint density at radius 3 is 2.80 bits per heavy atom. The number of alkyl halides is 1. The van der Waals surface area contributed by atoms with Crippen molar-refractivity contribution in [3.8, 4) is 0 Å². The van der Waals surface area contributed by atoms with E-state index in [2.05, 4.69) is 9.88 Å². The van der Waals surface area contributed by atoms with Crippen LogP contribution in [0.1, 0.15) is 12.6 Å². The second kappa shape index (κ2) is 4.85. The minimum Gasteiger partial charge on any atom is -0.338 e. The maximum atomic E-state index is 11.5. The van der Waals surface area contributed by atoms with Crippen LogP contribution in [0.25, 0.3) is 0 Å². The first-order valence-corrected chi connectivity index (χ1v) is 6.61. The number of aromatic nitrogens is 1. The van der Waals surface area contributed by atoms with Gasteiger partial charge in [-0.2, -0.15) is 0 Å². The summed E-state index contributed by atoms with van der Waals surface area (Å²) in [6.45, 7) is 3.47. The normalized spacial score (nSPS) is 13.8. The highest BCUT2D eigenvalue weighted by Crippen LogP contribution is 2.12. The summed E-state index contributed by atoms with van der Waals surface area (Å²) in [5.74, 6) is 0.300. The smallest absolute Gasteiger partial charge is 0.238 e. The highest BCUT2D eigenvalue weighted by Gasteiger charge is 2.16. The first kappa shape index (κ1) is 12.3. The van der Waals surface area contributed by atoms with Gasteiger partial charge in [-0.05, 0) is 12.8 Å². The minimum absolute atomic E-state index is 0.0315. The number of hydrogen-bond donors (Lipinski definition) is 1. The third-order valence-electron chi connectivity index (χ3n) is 1.65. The van der Waals surface area contributed by atoms with Crippen LogP contribution in [0.2, 0.25) is 0 Å². The monoisotopic (exact) mass is 252 g/mol. The van der Waals surface area contributed by atoms with Crippen LogP contribution in [0.5, 0.6) is 0 Å². The Kier molecular flexibility index (Phi) is 3.98. The van der Waals surface area contributed by atoms with Crippen molar-refractivity contribution in [2.75, 3.05) is 16.4 Å². The molecule has 7 heteroatoms. The van der Waals surface area contributed by atoms with Crippen molar-refractivity contribution in [1.29, 1.82) is 0 Å². The number of anilines is 1. The Labute approximate surface area is 93.8 Å². The fraction of sp³-hybridized carbons (Fsp3) is 0.625. The lowest BCUT2D eigenvalue weighted by Crippen LogP contribution is -2.21. The molecule has 1 rings (SSSR count). The molecule has 1 unspecified atom stereocenters. The third-order valence-corrected chi connectivity index (χ3v) is 3.70. The Hall–Kier alpha value is -0.750. The summed E-state index contributed by atoms with van der Waals surface area (Å²) < 4.78 is 30.1. The topological polar surface area (TPSA) is 72.2 Å². The predicted molar refractivity (Wildman–Crippen MR) is 58.5 cm³/mol. The van der Waals surface area contributed by atoms with Gasteiger partial charge in [0.1, 0.15) is 0 Å². The summed E-state index contributed by atoms with van der Waals surface area (Å²) in [7, 11) is -3.40. The molecule has 0 spiro atoms. The van der Waals surface area contributed by atoms with Gasteiger partial charge in [-0.1, -0.05) is 12.1 Å². The molecule has 0 aromatic carbocycles. The van der Waals surface area contributed by atoms with Crippen molar-refractivity contribution < 1.29 is 12.9 Å². The number of sulfonamides is 1. The maximum Gasteiger partial charge on any atom is 0.238 e. The first-order valence-electron chi connectivity index (χ1n) is 4.42. The lowest BCUT2D eigenvalue weighted by molar-refractivity contribution is 0.430. The summed E-state index contributed by atoms with van der Waals surface area (Å²) in [5.41, 5.74) is 0.623. The van der Waals surface area contributed by atoms with Gasteiger partial charge in [0, 0.05) is 11.9 Å². The number of hydrogen-bond acceptors (Lipinski definition) is 4. The quantitative estimate of drug-likeness (QED) is 0.808. The summed E-state index contributed by atoms with van der Waals surface area (Å²) >= 11 is 5.54. The fourth-order valence-corrected chi connectivity index (χ4v) is 2.62. The number of nitrogens with zero attached hydrogens (tertiary/aromatic N) is 1. The second-order valence-electron chi connectivity index (χ2n) is 3.48. The lowest BCUT2D eigenvalue weighted by atomic mass is 10.3. The van der Waals surface area contributed by atoms with Gasteiger partial charge in [-0.25, -0.2) is 8.42 Å². The molecule has 0 aliphatic carbocycles. The highest BCUT2D eigenvalue weighted by molar-refractivity contribution is 7.92. The van der Waals surface area contributed by atoms with Crippen molar-refractivity contribution in [3.63, 3.8) is 0 Å². The van der Waals surface area contributed by atoms with E-state index in [0.717, 1.165) is 0 Å². The van der Waals surface area contributed by atoms with E-state index >= 15 is 0 Å². The predicted octanol–water partition coefficient (Wildman–Crippen LogP) is 1.60. The van der Waals surface area contributed by atoms with Crippen LogP contribution in [0.4, 0.5) is 5.88 Å². The minimum atomic E-state index is -3.40. The molecule has 0 saturated heterocycles. The van der Waals surface area contributed by atoms with Gasteiger partial charge in [0.15, 0.2) is 0 Å². The Bertz CT molecular complexity index is 415. The molecule has 0 fully saturated rings. The fourth-order valence-electron chi connectivity index (χ4n) is 1.03. The zero-order valence-electron chi connectivity index (χ0n) is 8.53. The molecule has 1 heterocycles. The van der Waals surface area contributed by atoms with Crippen LogP contribution in [-0.4, -0.2) is 25.2 Å². The van der Waals surface area contributed by atoms with E-state index in [0.29, 0.717) is 11.6 Å². The molecule has 1 N–H and O–H groups in total. The zero-order chi connectivity index (χ0) is 11.5. The van der Waals surface area contributed by atoms with Crippen LogP contribution in [-0.2, 0) is 10.0 Å². The van der Waals surface area contributed by atoms with Crippen molar-refractivity contribution in [2.24, 2.45) is 5.92 Å². The number of aryl methyl sites for hydroxylation is 1. The van der Waals surface area contributed by atoms with Crippen LogP contribution in [0, 0.1) is 12.8 Å². The number of halogens is 1. The molecular formula is C8H13ClN2O3S. The lowest BCUT2D eigenvalue weighted by Gasteiger charge is -2.08. The molecular weight excluding hydrogens is 240 g/mol. The average molecular weight is 253 g/mol.